The minimum absolute atomic E-state index is 0.0147. The van der Waals surface area contributed by atoms with E-state index in [1.54, 1.807) is 36.4 Å². The van der Waals surface area contributed by atoms with Crippen LogP contribution in [0.4, 0.5) is 16.2 Å². The summed E-state index contributed by atoms with van der Waals surface area (Å²) in [6.07, 6.45) is 1.56. The molecule has 0 aromatic heterocycles. The predicted octanol–water partition coefficient (Wildman–Crippen LogP) is 6.32. The smallest absolute Gasteiger partial charge is 0.293 e. The van der Waals surface area contributed by atoms with Crippen molar-refractivity contribution in [1.29, 1.82) is 0 Å². The number of para-hydroxylation sites is 1. The van der Waals surface area contributed by atoms with Gasteiger partial charge in [-0.3, -0.25) is 34.7 Å². The van der Waals surface area contributed by atoms with E-state index < -0.39 is 21.0 Å². The number of benzene rings is 3. The fourth-order valence-corrected chi connectivity index (χ4v) is 5.34. The number of thioether (sulfide) groups is 1. The van der Waals surface area contributed by atoms with Crippen molar-refractivity contribution in [3.63, 3.8) is 0 Å². The Hall–Kier alpha value is -3.98. The van der Waals surface area contributed by atoms with Crippen molar-refractivity contribution in [3.8, 4) is 11.5 Å². The van der Waals surface area contributed by atoms with Crippen molar-refractivity contribution in [3.05, 3.63) is 106 Å². The number of nitrogens with zero attached hydrogens (tertiary/aromatic N) is 3. The molecule has 13 heteroatoms. The summed E-state index contributed by atoms with van der Waals surface area (Å²) in [5, 5.41) is 21.7. The molecule has 1 saturated heterocycles. The Balaban J connectivity index is 1.55. The van der Waals surface area contributed by atoms with E-state index in [0.29, 0.717) is 27.2 Å². The second-order valence-electron chi connectivity index (χ2n) is 8.13. The number of amides is 2. The Morgan fingerprint density at radius 3 is 2.38 bits per heavy atom. The van der Waals surface area contributed by atoms with E-state index in [2.05, 4.69) is 22.6 Å². The maximum absolute atomic E-state index is 13.0. The SMILES string of the molecule is CCOc1cc(C=C2SC(=O)N(Cc3ccccc3[N+](=O)[O-])C2=O)cc(I)c1OCc1ccc([N+](=O)[O-])cc1. The van der Waals surface area contributed by atoms with Crippen LogP contribution in [0.2, 0.25) is 0 Å². The summed E-state index contributed by atoms with van der Waals surface area (Å²) in [4.78, 5) is 48.0. The lowest BCUT2D eigenvalue weighted by Crippen LogP contribution is -2.27. The molecule has 200 valence electrons. The Morgan fingerprint density at radius 2 is 1.72 bits per heavy atom. The third-order valence-electron chi connectivity index (χ3n) is 5.55. The van der Waals surface area contributed by atoms with Crippen molar-refractivity contribution in [2.45, 2.75) is 20.1 Å². The largest absolute Gasteiger partial charge is 0.490 e. The van der Waals surface area contributed by atoms with E-state index in [0.717, 1.165) is 22.2 Å². The average molecular weight is 661 g/mol. The van der Waals surface area contributed by atoms with E-state index in [4.69, 9.17) is 9.47 Å². The number of nitro groups is 2. The van der Waals surface area contributed by atoms with Crippen molar-refractivity contribution in [1.82, 2.24) is 4.90 Å². The van der Waals surface area contributed by atoms with Crippen LogP contribution in [0.15, 0.2) is 65.6 Å². The number of nitro benzene ring substituents is 2. The molecule has 39 heavy (non-hydrogen) atoms. The Kier molecular flexibility index (Phi) is 8.81. The molecule has 1 aliphatic heterocycles. The molecule has 0 radical (unpaired) electrons. The van der Waals surface area contributed by atoms with Crippen molar-refractivity contribution in [2.24, 2.45) is 0 Å². The highest BCUT2D eigenvalue weighted by atomic mass is 127. The van der Waals surface area contributed by atoms with E-state index in [-0.39, 0.29) is 35.0 Å². The summed E-state index contributed by atoms with van der Waals surface area (Å²) < 4.78 is 12.4. The number of ether oxygens (including phenoxy) is 2. The summed E-state index contributed by atoms with van der Waals surface area (Å²) in [7, 11) is 0. The molecule has 1 aliphatic rings. The van der Waals surface area contributed by atoms with E-state index in [1.165, 1.54) is 30.3 Å². The molecule has 1 fully saturated rings. The van der Waals surface area contributed by atoms with Crippen LogP contribution >= 0.6 is 34.4 Å². The quantitative estimate of drug-likeness (QED) is 0.106. The van der Waals surface area contributed by atoms with Gasteiger partial charge in [-0.05, 0) is 82.7 Å². The van der Waals surface area contributed by atoms with Gasteiger partial charge < -0.3 is 9.47 Å². The highest BCUT2D eigenvalue weighted by Crippen LogP contribution is 2.38. The number of imide groups is 1. The highest BCUT2D eigenvalue weighted by molar-refractivity contribution is 14.1. The van der Waals surface area contributed by atoms with Crippen molar-refractivity contribution >= 4 is 62.9 Å². The van der Waals surface area contributed by atoms with Crippen LogP contribution in [-0.4, -0.2) is 32.5 Å². The fourth-order valence-electron chi connectivity index (χ4n) is 3.72. The molecule has 0 spiro atoms. The molecule has 3 aromatic carbocycles. The Bertz CT molecular complexity index is 1490. The third-order valence-corrected chi connectivity index (χ3v) is 7.26. The van der Waals surface area contributed by atoms with Gasteiger partial charge in [-0.25, -0.2) is 0 Å². The number of hydrogen-bond acceptors (Lipinski definition) is 9. The molecular weight excluding hydrogens is 641 g/mol. The summed E-state index contributed by atoms with van der Waals surface area (Å²) in [5.74, 6) is 0.351. The van der Waals surface area contributed by atoms with Gasteiger partial charge in [0.15, 0.2) is 11.5 Å². The molecule has 0 unspecified atom stereocenters. The van der Waals surface area contributed by atoms with Gasteiger partial charge in [-0.1, -0.05) is 18.2 Å². The maximum Gasteiger partial charge on any atom is 0.293 e. The van der Waals surface area contributed by atoms with Gasteiger partial charge in [0.05, 0.1) is 31.5 Å². The van der Waals surface area contributed by atoms with E-state index in [1.807, 2.05) is 6.92 Å². The number of carbonyl (C=O) groups excluding carboxylic acids is 2. The molecule has 0 N–H and O–H groups in total. The maximum atomic E-state index is 13.0. The lowest BCUT2D eigenvalue weighted by atomic mass is 10.1. The highest BCUT2D eigenvalue weighted by Gasteiger charge is 2.36. The van der Waals surface area contributed by atoms with Gasteiger partial charge in [0.25, 0.3) is 22.5 Å². The topological polar surface area (TPSA) is 142 Å². The first-order valence-corrected chi connectivity index (χ1v) is 13.4. The molecule has 4 rings (SSSR count). The molecule has 3 aromatic rings. The third kappa shape index (κ3) is 6.54. The summed E-state index contributed by atoms with van der Waals surface area (Å²) >= 11 is 2.83. The van der Waals surface area contributed by atoms with Crippen LogP contribution in [-0.2, 0) is 17.9 Å². The second-order valence-corrected chi connectivity index (χ2v) is 10.3. The lowest BCUT2D eigenvalue weighted by molar-refractivity contribution is -0.385. The summed E-state index contributed by atoms with van der Waals surface area (Å²) in [6.45, 7) is 2.10. The molecule has 0 saturated carbocycles. The minimum atomic E-state index is -0.549. The van der Waals surface area contributed by atoms with Gasteiger partial charge in [0.2, 0.25) is 0 Å². The zero-order valence-corrected chi connectivity index (χ0v) is 23.3. The lowest BCUT2D eigenvalue weighted by Gasteiger charge is -2.15. The molecule has 2 amide bonds. The molecule has 1 heterocycles. The Morgan fingerprint density at radius 1 is 1.00 bits per heavy atom. The van der Waals surface area contributed by atoms with Crippen LogP contribution in [0, 0.1) is 23.8 Å². The fraction of sp³-hybridized carbons (Fsp3) is 0.154. The van der Waals surface area contributed by atoms with Crippen LogP contribution in [0.1, 0.15) is 23.6 Å². The standard InChI is InChI=1S/C26H20IN3O8S/c1-2-37-22-12-17(11-20(27)24(22)38-15-16-7-9-19(10-8-16)29(33)34)13-23-25(31)28(26(32)39-23)14-18-5-3-4-6-21(18)30(35)36/h3-13H,2,14-15H2,1H3. The van der Waals surface area contributed by atoms with Crippen LogP contribution in [0.3, 0.4) is 0 Å². The number of non-ortho nitro benzene ring substituents is 1. The molecule has 0 atom stereocenters. The first kappa shape index (κ1) is 28.0. The van der Waals surface area contributed by atoms with Crippen LogP contribution in [0.25, 0.3) is 6.08 Å². The van der Waals surface area contributed by atoms with Crippen LogP contribution < -0.4 is 9.47 Å². The normalized spacial score (nSPS) is 14.1. The van der Waals surface area contributed by atoms with Gasteiger partial charge >= 0.3 is 0 Å². The predicted molar refractivity (Wildman–Crippen MR) is 152 cm³/mol. The average Bonchev–Trinajstić information content (AvgIpc) is 3.16. The first-order chi connectivity index (χ1) is 18.7. The van der Waals surface area contributed by atoms with Crippen molar-refractivity contribution in [2.75, 3.05) is 6.61 Å². The van der Waals surface area contributed by atoms with E-state index in [9.17, 15) is 29.8 Å². The zero-order chi connectivity index (χ0) is 28.1. The molecule has 0 aliphatic carbocycles. The monoisotopic (exact) mass is 661 g/mol. The molecule has 0 bridgehead atoms. The minimum Gasteiger partial charge on any atom is -0.490 e. The number of rotatable bonds is 10. The Labute approximate surface area is 240 Å². The van der Waals surface area contributed by atoms with Gasteiger partial charge in [-0.2, -0.15) is 0 Å². The zero-order valence-electron chi connectivity index (χ0n) is 20.4. The first-order valence-electron chi connectivity index (χ1n) is 11.5. The number of hydrogen-bond donors (Lipinski definition) is 0. The van der Waals surface area contributed by atoms with Crippen molar-refractivity contribution < 1.29 is 28.9 Å². The second kappa shape index (κ2) is 12.3. The number of halogens is 1. The van der Waals surface area contributed by atoms with E-state index >= 15 is 0 Å². The van der Waals surface area contributed by atoms with Crippen LogP contribution in [0.5, 0.6) is 11.5 Å². The van der Waals surface area contributed by atoms with Gasteiger partial charge in [0, 0.05) is 23.8 Å². The summed E-state index contributed by atoms with van der Waals surface area (Å²) in [5.41, 5.74) is 1.41. The molecular formula is C26H20IN3O8S. The number of carbonyl (C=O) groups is 2. The molecule has 11 nitrogen and oxygen atoms in total. The van der Waals surface area contributed by atoms with Gasteiger partial charge in [0.1, 0.15) is 6.61 Å². The van der Waals surface area contributed by atoms with Gasteiger partial charge in [-0.15, -0.1) is 0 Å². The summed E-state index contributed by atoms with van der Waals surface area (Å²) in [6, 6.07) is 15.4.